The monoisotopic (exact) mass is 370 g/mol. The van der Waals surface area contributed by atoms with E-state index in [9.17, 15) is 19.3 Å². The summed E-state index contributed by atoms with van der Waals surface area (Å²) in [5, 5.41) is 9.58. The number of aliphatic hydroxyl groups excluding tert-OH is 1. The third-order valence-corrected chi connectivity index (χ3v) is 3.41. The van der Waals surface area contributed by atoms with E-state index in [1.165, 1.54) is 6.92 Å². The van der Waals surface area contributed by atoms with Gasteiger partial charge in [0, 0.05) is 11.8 Å². The molecule has 0 amide bonds. The Bertz CT molecular complexity index is 711. The normalized spacial score (nSPS) is 23.9. The molecule has 1 fully saturated rings. The van der Waals surface area contributed by atoms with E-state index in [0.29, 0.717) is 0 Å². The molecular formula is C10H17N2Na2O8P. The van der Waals surface area contributed by atoms with E-state index in [2.05, 4.69) is 0 Å². The first-order valence-electron chi connectivity index (χ1n) is 5.96. The Morgan fingerprint density at radius 2 is 2.13 bits per heavy atom. The summed E-state index contributed by atoms with van der Waals surface area (Å²) in [5.41, 5.74) is -1.29. The van der Waals surface area contributed by atoms with Gasteiger partial charge in [-0.3, -0.25) is 14.3 Å². The summed E-state index contributed by atoms with van der Waals surface area (Å²) in [6.07, 6.45) is -1.03. The number of ether oxygens (including phenoxy) is 2. The third kappa shape index (κ3) is 5.88. The number of aromatic amines is 1. The summed E-state index contributed by atoms with van der Waals surface area (Å²) >= 11 is 0. The summed E-state index contributed by atoms with van der Waals surface area (Å²) < 4.78 is 22.1. The second-order valence-electron chi connectivity index (χ2n) is 4.76. The number of nitrogens with one attached hydrogen (secondary N) is 1. The van der Waals surface area contributed by atoms with Gasteiger partial charge in [-0.2, -0.15) is 0 Å². The molecule has 2 heterocycles. The van der Waals surface area contributed by atoms with E-state index in [4.69, 9.17) is 19.3 Å². The fraction of sp³-hybridized carbons (Fsp3) is 0.600. The predicted molar refractivity (Wildman–Crippen MR) is 70.8 cm³/mol. The van der Waals surface area contributed by atoms with Gasteiger partial charge in [0.25, 0.3) is 11.5 Å². The summed E-state index contributed by atoms with van der Waals surface area (Å²) in [7, 11) is -4.51. The Kier molecular flexibility index (Phi) is 9.16. The molecule has 0 saturated carbocycles. The maximum atomic E-state index is 11.9. The Hall–Kier alpha value is 0.710. The molecule has 122 valence electrons. The standard InChI is InChI=1S/C10H15N2O8P.2Na.2H/c1-6-3-12(9(15)11-8(6)14)10(2-7(13)4-19-10)20-5-21(16,17)18;;;;/h3,7,13H,2,4-5H2,1H3,(H,11,14,15)(H2,16,17,18);;;;/q;2*+1;2*-1/t7-,10-;;;;/m0..../s1. The van der Waals surface area contributed by atoms with Gasteiger partial charge in [0.1, 0.15) is 0 Å². The topological polar surface area (TPSA) is 151 Å². The van der Waals surface area contributed by atoms with Gasteiger partial charge in [-0.05, 0) is 6.92 Å². The molecule has 4 N–H and O–H groups in total. The summed E-state index contributed by atoms with van der Waals surface area (Å²) in [6.45, 7) is 1.27. The number of aromatic nitrogens is 2. The second-order valence-corrected chi connectivity index (χ2v) is 6.35. The average molecular weight is 370 g/mol. The van der Waals surface area contributed by atoms with Crippen molar-refractivity contribution in [2.75, 3.05) is 13.0 Å². The number of hydrogen-bond acceptors (Lipinski definition) is 6. The van der Waals surface area contributed by atoms with E-state index in [1.54, 1.807) is 0 Å². The molecule has 10 nitrogen and oxygen atoms in total. The van der Waals surface area contributed by atoms with Crippen LogP contribution in [0.15, 0.2) is 15.8 Å². The first-order chi connectivity index (χ1) is 9.63. The predicted octanol–water partition coefficient (Wildman–Crippen LogP) is -7.38. The van der Waals surface area contributed by atoms with Crippen molar-refractivity contribution in [2.45, 2.75) is 25.4 Å². The van der Waals surface area contributed by atoms with Crippen LogP contribution < -0.4 is 70.4 Å². The van der Waals surface area contributed by atoms with Crippen LogP contribution in [0.2, 0.25) is 0 Å². The average Bonchev–Trinajstić information content (AvgIpc) is 2.73. The maximum absolute atomic E-state index is 11.9. The molecule has 1 saturated heterocycles. The first-order valence-corrected chi connectivity index (χ1v) is 7.76. The Balaban J connectivity index is -0.00000121. The fourth-order valence-corrected chi connectivity index (χ4v) is 2.35. The van der Waals surface area contributed by atoms with E-state index in [-0.39, 0.29) is 80.6 Å². The minimum Gasteiger partial charge on any atom is -1.00 e. The van der Waals surface area contributed by atoms with Gasteiger partial charge >= 0.3 is 72.4 Å². The number of rotatable bonds is 4. The zero-order valence-electron chi connectivity index (χ0n) is 15.1. The molecule has 0 spiro atoms. The maximum Gasteiger partial charge on any atom is 1.00 e. The number of nitrogens with zero attached hydrogens (tertiary/aromatic N) is 1. The quantitative estimate of drug-likeness (QED) is 0.301. The number of H-pyrrole nitrogens is 1. The first kappa shape index (κ1) is 23.7. The Morgan fingerprint density at radius 3 is 2.61 bits per heavy atom. The van der Waals surface area contributed by atoms with Crippen molar-refractivity contribution in [1.29, 1.82) is 0 Å². The van der Waals surface area contributed by atoms with Crippen molar-refractivity contribution >= 4 is 7.60 Å². The van der Waals surface area contributed by atoms with E-state index >= 15 is 0 Å². The Labute approximate surface area is 177 Å². The Morgan fingerprint density at radius 1 is 1.52 bits per heavy atom. The van der Waals surface area contributed by atoms with Crippen LogP contribution in [0.4, 0.5) is 0 Å². The molecule has 1 aliphatic heterocycles. The molecule has 0 bridgehead atoms. The minimum atomic E-state index is -4.51. The van der Waals surface area contributed by atoms with Crippen LogP contribution >= 0.6 is 7.60 Å². The molecule has 0 aliphatic carbocycles. The molecule has 13 heteroatoms. The molecule has 1 aliphatic rings. The molecule has 2 atom stereocenters. The van der Waals surface area contributed by atoms with Gasteiger partial charge in [0.2, 0.25) is 0 Å². The van der Waals surface area contributed by atoms with E-state index in [0.717, 1.165) is 10.8 Å². The summed E-state index contributed by atoms with van der Waals surface area (Å²) in [5.74, 6) is -1.87. The zero-order chi connectivity index (χ0) is 15.8. The van der Waals surface area contributed by atoms with Crippen LogP contribution in [-0.4, -0.2) is 43.5 Å². The molecular weight excluding hydrogens is 353 g/mol. The summed E-state index contributed by atoms with van der Waals surface area (Å²) in [4.78, 5) is 43.1. The molecule has 0 radical (unpaired) electrons. The van der Waals surface area contributed by atoms with Crippen molar-refractivity contribution in [3.63, 3.8) is 0 Å². The molecule has 1 aromatic heterocycles. The van der Waals surface area contributed by atoms with Crippen LogP contribution in [0.1, 0.15) is 14.8 Å². The smallest absolute Gasteiger partial charge is 1.00 e. The number of hydrogen-bond donors (Lipinski definition) is 4. The SMILES string of the molecule is Cc1cn([C@@]2(OCP(=O)(O)O)C[C@H](O)CO2)c(=O)[nH]c1=O.[H-].[H-].[Na+].[Na+]. The van der Waals surface area contributed by atoms with Crippen molar-refractivity contribution in [3.8, 4) is 0 Å². The van der Waals surface area contributed by atoms with Gasteiger partial charge < -0.3 is 27.2 Å². The number of aryl methyl sites for hydroxylation is 1. The van der Waals surface area contributed by atoms with Crippen LogP contribution in [0.25, 0.3) is 0 Å². The minimum absolute atomic E-state index is 0. The van der Waals surface area contributed by atoms with E-state index < -0.39 is 37.2 Å². The van der Waals surface area contributed by atoms with Gasteiger partial charge in [-0.25, -0.2) is 9.36 Å². The van der Waals surface area contributed by atoms with Gasteiger partial charge in [-0.15, -0.1) is 0 Å². The fourth-order valence-electron chi connectivity index (χ4n) is 1.98. The molecule has 0 unspecified atom stereocenters. The van der Waals surface area contributed by atoms with Crippen LogP contribution in [0, 0.1) is 6.92 Å². The molecule has 2 rings (SSSR count). The molecule has 23 heavy (non-hydrogen) atoms. The third-order valence-electron chi connectivity index (χ3n) is 2.94. The van der Waals surface area contributed by atoms with Crippen LogP contribution in [0.5, 0.6) is 0 Å². The summed E-state index contributed by atoms with van der Waals surface area (Å²) in [6, 6.07) is 0. The van der Waals surface area contributed by atoms with Crippen molar-refractivity contribution < 1.29 is 90.9 Å². The van der Waals surface area contributed by atoms with Crippen molar-refractivity contribution in [1.82, 2.24) is 9.55 Å². The van der Waals surface area contributed by atoms with Crippen LogP contribution in [-0.2, 0) is 19.9 Å². The zero-order valence-corrected chi connectivity index (χ0v) is 17.9. The number of aliphatic hydroxyl groups is 1. The van der Waals surface area contributed by atoms with Crippen LogP contribution in [0.3, 0.4) is 0 Å². The largest absolute Gasteiger partial charge is 1.00 e. The molecule has 0 aromatic carbocycles. The van der Waals surface area contributed by atoms with Gasteiger partial charge in [0.05, 0.1) is 19.1 Å². The molecule has 1 aromatic rings. The van der Waals surface area contributed by atoms with Crippen molar-refractivity contribution in [3.05, 3.63) is 32.6 Å². The van der Waals surface area contributed by atoms with Gasteiger partial charge in [0.15, 0.2) is 6.35 Å². The second kappa shape index (κ2) is 8.88. The van der Waals surface area contributed by atoms with E-state index in [1.807, 2.05) is 4.98 Å². The van der Waals surface area contributed by atoms with Gasteiger partial charge in [-0.1, -0.05) is 0 Å². The van der Waals surface area contributed by atoms with Crippen molar-refractivity contribution in [2.24, 2.45) is 0 Å².